The summed E-state index contributed by atoms with van der Waals surface area (Å²) < 4.78 is 1.98. The fraction of sp³-hybridized carbons (Fsp3) is 0.765. The molecule has 22 heavy (non-hydrogen) atoms. The molecule has 2 fully saturated rings. The highest BCUT2D eigenvalue weighted by Gasteiger charge is 2.48. The molecule has 0 radical (unpaired) electrons. The first-order chi connectivity index (χ1) is 10.5. The number of amides is 2. The van der Waals surface area contributed by atoms with Crippen LogP contribution >= 0.6 is 0 Å². The van der Waals surface area contributed by atoms with Gasteiger partial charge in [0.05, 0.1) is 0 Å². The van der Waals surface area contributed by atoms with Crippen LogP contribution in [0.25, 0.3) is 0 Å². The number of urea groups is 1. The molecule has 2 aliphatic rings. The van der Waals surface area contributed by atoms with Gasteiger partial charge < -0.3 is 5.32 Å². The van der Waals surface area contributed by atoms with Crippen LogP contribution < -0.4 is 10.6 Å². The van der Waals surface area contributed by atoms with Gasteiger partial charge in [-0.2, -0.15) is 5.10 Å². The normalized spacial score (nSPS) is 21.0. The first-order valence-corrected chi connectivity index (χ1v) is 8.65. The van der Waals surface area contributed by atoms with Gasteiger partial charge in [-0.05, 0) is 57.3 Å². The molecule has 0 aromatic carbocycles. The van der Waals surface area contributed by atoms with Crippen LogP contribution in [0, 0.1) is 18.3 Å². The highest BCUT2D eigenvalue weighted by atomic mass is 16.2. The lowest BCUT2D eigenvalue weighted by atomic mass is 9.65. The van der Waals surface area contributed by atoms with Crippen molar-refractivity contribution in [3.05, 3.63) is 11.8 Å². The Kier molecular flexibility index (Phi) is 4.15. The molecule has 5 nitrogen and oxygen atoms in total. The Morgan fingerprint density at radius 3 is 2.77 bits per heavy atom. The molecule has 2 amide bonds. The summed E-state index contributed by atoms with van der Waals surface area (Å²) in [4.78, 5) is 12.1. The van der Waals surface area contributed by atoms with Crippen molar-refractivity contribution in [2.75, 3.05) is 11.9 Å². The monoisotopic (exact) mass is 304 g/mol. The highest BCUT2D eigenvalue weighted by Crippen LogP contribution is 2.56. The molecule has 0 spiro atoms. The van der Waals surface area contributed by atoms with Crippen LogP contribution in [0.15, 0.2) is 6.07 Å². The van der Waals surface area contributed by atoms with Gasteiger partial charge in [-0.3, -0.25) is 10.00 Å². The first kappa shape index (κ1) is 15.4. The quantitative estimate of drug-likeness (QED) is 0.838. The molecule has 5 heteroatoms. The Balaban J connectivity index is 1.53. The van der Waals surface area contributed by atoms with Gasteiger partial charge in [-0.25, -0.2) is 4.79 Å². The van der Waals surface area contributed by atoms with Crippen LogP contribution in [0.3, 0.4) is 0 Å². The molecule has 122 valence electrons. The van der Waals surface area contributed by atoms with Gasteiger partial charge in [0.25, 0.3) is 0 Å². The number of hydrogen-bond donors (Lipinski definition) is 2. The first-order valence-electron chi connectivity index (χ1n) is 8.65. The van der Waals surface area contributed by atoms with Crippen molar-refractivity contribution < 1.29 is 4.79 Å². The van der Waals surface area contributed by atoms with Crippen molar-refractivity contribution in [2.24, 2.45) is 11.3 Å². The maximum absolute atomic E-state index is 12.1. The van der Waals surface area contributed by atoms with E-state index in [0.717, 1.165) is 24.6 Å². The fourth-order valence-electron chi connectivity index (χ4n) is 3.64. The van der Waals surface area contributed by atoms with Crippen LogP contribution in [-0.2, 0) is 0 Å². The number of carbonyl (C=O) groups is 1. The van der Waals surface area contributed by atoms with E-state index in [9.17, 15) is 4.79 Å². The third-order valence-corrected chi connectivity index (χ3v) is 5.57. The molecule has 2 N–H and O–H groups in total. The zero-order valence-corrected chi connectivity index (χ0v) is 14.0. The van der Waals surface area contributed by atoms with E-state index in [1.54, 1.807) is 0 Å². The minimum atomic E-state index is -0.124. The minimum absolute atomic E-state index is 0.124. The van der Waals surface area contributed by atoms with Crippen molar-refractivity contribution in [1.82, 2.24) is 15.1 Å². The Hall–Kier alpha value is -1.52. The largest absolute Gasteiger partial charge is 0.337 e. The summed E-state index contributed by atoms with van der Waals surface area (Å²) in [5, 5.41) is 10.4. The molecular weight excluding hydrogens is 276 g/mol. The number of aryl methyl sites for hydroxylation is 1. The number of nitrogens with one attached hydrogen (secondary N) is 2. The second-order valence-electron chi connectivity index (χ2n) is 7.17. The van der Waals surface area contributed by atoms with Crippen LogP contribution in [0.1, 0.15) is 64.1 Å². The Morgan fingerprint density at radius 1 is 1.50 bits per heavy atom. The Labute approximate surface area is 132 Å². The smallest absolute Gasteiger partial charge is 0.320 e. The van der Waals surface area contributed by atoms with Crippen molar-refractivity contribution in [1.29, 1.82) is 0 Å². The van der Waals surface area contributed by atoms with Crippen LogP contribution in [0.2, 0.25) is 0 Å². The molecule has 3 rings (SSSR count). The summed E-state index contributed by atoms with van der Waals surface area (Å²) in [7, 11) is 0. The molecule has 2 saturated carbocycles. The average molecular weight is 304 g/mol. The molecule has 0 aliphatic heterocycles. The van der Waals surface area contributed by atoms with Crippen molar-refractivity contribution >= 4 is 11.8 Å². The summed E-state index contributed by atoms with van der Waals surface area (Å²) in [6, 6.07) is 2.17. The van der Waals surface area contributed by atoms with E-state index < -0.39 is 0 Å². The van der Waals surface area contributed by atoms with Crippen LogP contribution in [0.5, 0.6) is 0 Å². The van der Waals surface area contributed by atoms with Crippen LogP contribution in [-0.4, -0.2) is 22.4 Å². The molecule has 1 unspecified atom stereocenters. The minimum Gasteiger partial charge on any atom is -0.337 e. The summed E-state index contributed by atoms with van der Waals surface area (Å²) in [6.45, 7) is 7.12. The zero-order valence-electron chi connectivity index (χ0n) is 14.0. The molecule has 1 aromatic heterocycles. The maximum Gasteiger partial charge on any atom is 0.320 e. The van der Waals surface area contributed by atoms with E-state index in [2.05, 4.69) is 29.6 Å². The third kappa shape index (κ3) is 2.99. The lowest BCUT2D eigenvalue weighted by Gasteiger charge is -2.42. The lowest BCUT2D eigenvalue weighted by molar-refractivity contribution is 0.103. The van der Waals surface area contributed by atoms with Gasteiger partial charge in [0.2, 0.25) is 0 Å². The number of carbonyl (C=O) groups excluding carboxylic acids is 1. The van der Waals surface area contributed by atoms with E-state index in [-0.39, 0.29) is 6.03 Å². The van der Waals surface area contributed by atoms with Crippen molar-refractivity contribution in [2.45, 2.75) is 65.3 Å². The number of anilines is 1. The molecule has 0 saturated heterocycles. The number of rotatable bonds is 6. The number of nitrogens with zero attached hydrogens (tertiary/aromatic N) is 2. The summed E-state index contributed by atoms with van der Waals surface area (Å²) >= 11 is 0. The summed E-state index contributed by atoms with van der Waals surface area (Å²) in [5.41, 5.74) is 1.49. The van der Waals surface area contributed by atoms with Gasteiger partial charge in [-0.1, -0.05) is 13.3 Å². The molecule has 1 aromatic rings. The molecule has 1 atom stereocenters. The molecule has 1 heterocycles. The van der Waals surface area contributed by atoms with E-state index in [4.69, 9.17) is 0 Å². The zero-order chi connectivity index (χ0) is 15.7. The fourth-order valence-corrected chi connectivity index (χ4v) is 3.64. The topological polar surface area (TPSA) is 59.0 Å². The second-order valence-corrected chi connectivity index (χ2v) is 7.17. The standard InChI is InChI=1S/C17H28N4O/c1-4-12(2)21-13(3)10-15(20-21)19-16(22)18-11-17(8-5-9-17)14-6-7-14/h10,12,14H,4-9,11H2,1-3H3,(H2,18,19,20,22). The third-order valence-electron chi connectivity index (χ3n) is 5.57. The van der Waals surface area contributed by atoms with Crippen LogP contribution in [0.4, 0.5) is 10.6 Å². The van der Waals surface area contributed by atoms with Gasteiger partial charge >= 0.3 is 6.03 Å². The number of hydrogen-bond acceptors (Lipinski definition) is 2. The van der Waals surface area contributed by atoms with Gasteiger partial charge in [0.15, 0.2) is 5.82 Å². The molecule has 2 aliphatic carbocycles. The maximum atomic E-state index is 12.1. The van der Waals surface area contributed by atoms with Crippen molar-refractivity contribution in [3.63, 3.8) is 0 Å². The van der Waals surface area contributed by atoms with Gasteiger partial charge in [0.1, 0.15) is 0 Å². The van der Waals surface area contributed by atoms with Gasteiger partial charge in [-0.15, -0.1) is 0 Å². The lowest BCUT2D eigenvalue weighted by Crippen LogP contribution is -2.45. The second kappa shape index (κ2) is 5.94. The van der Waals surface area contributed by atoms with E-state index in [1.807, 2.05) is 17.7 Å². The average Bonchev–Trinajstić information content (AvgIpc) is 3.21. The summed E-state index contributed by atoms with van der Waals surface area (Å²) in [6.07, 6.45) is 7.60. The summed E-state index contributed by atoms with van der Waals surface area (Å²) in [5.74, 6) is 1.50. The van der Waals surface area contributed by atoms with E-state index >= 15 is 0 Å². The SMILES string of the molecule is CCC(C)n1nc(NC(=O)NCC2(C3CC3)CCC2)cc1C. The van der Waals surface area contributed by atoms with E-state index in [0.29, 0.717) is 17.3 Å². The number of aromatic nitrogens is 2. The highest BCUT2D eigenvalue weighted by molar-refractivity contribution is 5.88. The molecular formula is C17H28N4O. The predicted octanol–water partition coefficient (Wildman–Crippen LogP) is 3.86. The molecule has 0 bridgehead atoms. The van der Waals surface area contributed by atoms with Gasteiger partial charge in [0, 0.05) is 24.3 Å². The van der Waals surface area contributed by atoms with Crippen molar-refractivity contribution in [3.8, 4) is 0 Å². The van der Waals surface area contributed by atoms with E-state index in [1.165, 1.54) is 32.1 Å². The Morgan fingerprint density at radius 2 is 2.23 bits per heavy atom. The predicted molar refractivity (Wildman–Crippen MR) is 88.0 cm³/mol. The Bertz CT molecular complexity index is 543.